The zero-order valence-corrected chi connectivity index (χ0v) is 10.6. The highest BCUT2D eigenvalue weighted by atomic mass is 16.2. The molecule has 96 valence electrons. The molecule has 0 aromatic heterocycles. The Morgan fingerprint density at radius 1 is 1.11 bits per heavy atom. The lowest BCUT2D eigenvalue weighted by molar-refractivity contribution is -0.129. The molecular formula is C14H18N2O2. The number of nitrogens with zero attached hydrogens (tertiary/aromatic N) is 1. The molecule has 0 unspecified atom stereocenters. The van der Waals surface area contributed by atoms with Crippen molar-refractivity contribution in [3.8, 4) is 0 Å². The first-order chi connectivity index (χ1) is 8.72. The fourth-order valence-corrected chi connectivity index (χ4v) is 2.07. The van der Waals surface area contributed by atoms with Crippen LogP contribution in [-0.2, 0) is 16.1 Å². The molecule has 2 amide bonds. The van der Waals surface area contributed by atoms with E-state index < -0.39 is 0 Å². The van der Waals surface area contributed by atoms with Gasteiger partial charge in [0, 0.05) is 19.4 Å². The summed E-state index contributed by atoms with van der Waals surface area (Å²) in [5.74, 6) is -0.184. The summed E-state index contributed by atoms with van der Waals surface area (Å²) in [6.07, 6.45) is 1.60. The van der Waals surface area contributed by atoms with E-state index >= 15 is 0 Å². The molecule has 18 heavy (non-hydrogen) atoms. The zero-order valence-electron chi connectivity index (χ0n) is 10.6. The first-order valence-electron chi connectivity index (χ1n) is 6.38. The van der Waals surface area contributed by atoms with E-state index in [2.05, 4.69) is 12.2 Å². The Bertz CT molecular complexity index is 424. The van der Waals surface area contributed by atoms with Crippen molar-refractivity contribution in [1.29, 1.82) is 0 Å². The van der Waals surface area contributed by atoms with Gasteiger partial charge in [-0.25, -0.2) is 0 Å². The number of piperidine rings is 1. The van der Waals surface area contributed by atoms with Gasteiger partial charge in [0.1, 0.15) is 0 Å². The topological polar surface area (TPSA) is 49.4 Å². The molecule has 0 aliphatic carbocycles. The lowest BCUT2D eigenvalue weighted by Gasteiger charge is -2.24. The van der Waals surface area contributed by atoms with Gasteiger partial charge in [0.25, 0.3) is 0 Å². The van der Waals surface area contributed by atoms with Crippen LogP contribution in [0, 0.1) is 0 Å². The molecule has 1 N–H and O–H groups in total. The van der Waals surface area contributed by atoms with Crippen molar-refractivity contribution in [3.05, 3.63) is 29.8 Å². The zero-order chi connectivity index (χ0) is 13.0. The van der Waals surface area contributed by atoms with E-state index in [9.17, 15) is 9.59 Å². The number of nitrogens with one attached hydrogen (secondary N) is 1. The molecule has 1 aromatic carbocycles. The van der Waals surface area contributed by atoms with Crippen LogP contribution in [0.15, 0.2) is 24.3 Å². The van der Waals surface area contributed by atoms with Crippen LogP contribution in [0.1, 0.15) is 31.7 Å². The maximum atomic E-state index is 11.8. The largest absolute Gasteiger partial charge is 0.313 e. The van der Waals surface area contributed by atoms with Gasteiger partial charge in [-0.3, -0.25) is 14.5 Å². The fourth-order valence-electron chi connectivity index (χ4n) is 2.07. The van der Waals surface area contributed by atoms with Crippen LogP contribution in [0.2, 0.25) is 0 Å². The van der Waals surface area contributed by atoms with E-state index in [1.165, 1.54) is 4.90 Å². The van der Waals surface area contributed by atoms with Gasteiger partial charge < -0.3 is 5.32 Å². The standard InChI is InChI=1S/C14H18N2O2/c1-2-15-10-11-6-8-12(9-7-11)16-13(17)4-3-5-14(16)18/h6-9,15H,2-5,10H2,1H3. The SMILES string of the molecule is CCNCc1ccc(N2C(=O)CCCC2=O)cc1. The van der Waals surface area contributed by atoms with Gasteiger partial charge in [-0.15, -0.1) is 0 Å². The third-order valence-corrected chi connectivity index (χ3v) is 3.05. The lowest BCUT2D eigenvalue weighted by atomic mass is 10.1. The molecule has 1 aromatic rings. The number of carbonyl (C=O) groups excluding carboxylic acids is 2. The molecule has 0 atom stereocenters. The predicted octanol–water partition coefficient (Wildman–Crippen LogP) is 1.84. The molecule has 0 radical (unpaired) electrons. The Hall–Kier alpha value is -1.68. The number of rotatable bonds is 4. The van der Waals surface area contributed by atoms with Gasteiger partial charge in [0.2, 0.25) is 11.8 Å². The maximum Gasteiger partial charge on any atom is 0.233 e. The van der Waals surface area contributed by atoms with Crippen LogP contribution in [0.25, 0.3) is 0 Å². The molecule has 0 bridgehead atoms. The minimum Gasteiger partial charge on any atom is -0.313 e. The fraction of sp³-hybridized carbons (Fsp3) is 0.429. The Balaban J connectivity index is 2.12. The lowest BCUT2D eigenvalue weighted by Crippen LogP contribution is -2.40. The number of hydrogen-bond acceptors (Lipinski definition) is 3. The van der Waals surface area contributed by atoms with Gasteiger partial charge in [0.05, 0.1) is 5.69 Å². The second-order valence-corrected chi connectivity index (χ2v) is 4.42. The van der Waals surface area contributed by atoms with Crippen LogP contribution in [-0.4, -0.2) is 18.4 Å². The second-order valence-electron chi connectivity index (χ2n) is 4.42. The number of amides is 2. The molecule has 4 heteroatoms. The van der Waals surface area contributed by atoms with E-state index in [1.54, 1.807) is 0 Å². The first-order valence-corrected chi connectivity index (χ1v) is 6.38. The second kappa shape index (κ2) is 5.78. The summed E-state index contributed by atoms with van der Waals surface area (Å²) in [6, 6.07) is 7.59. The Morgan fingerprint density at radius 3 is 2.28 bits per heavy atom. The average Bonchev–Trinajstić information content (AvgIpc) is 2.37. The van der Waals surface area contributed by atoms with Crippen LogP contribution in [0.4, 0.5) is 5.69 Å². The quantitative estimate of drug-likeness (QED) is 0.825. The minimum atomic E-state index is -0.0920. The highest BCUT2D eigenvalue weighted by Crippen LogP contribution is 2.22. The van der Waals surface area contributed by atoms with Crippen molar-refractivity contribution in [2.45, 2.75) is 32.7 Å². The summed E-state index contributed by atoms with van der Waals surface area (Å²) in [5, 5.41) is 3.23. The number of imide groups is 1. The predicted molar refractivity (Wildman–Crippen MR) is 70.2 cm³/mol. The van der Waals surface area contributed by atoms with Gasteiger partial charge in [-0.1, -0.05) is 19.1 Å². The van der Waals surface area contributed by atoms with Gasteiger partial charge in [0.15, 0.2) is 0 Å². The van der Waals surface area contributed by atoms with Crippen LogP contribution in [0.5, 0.6) is 0 Å². The maximum absolute atomic E-state index is 11.8. The Morgan fingerprint density at radius 2 is 1.72 bits per heavy atom. The van der Waals surface area contributed by atoms with Crippen molar-refractivity contribution in [3.63, 3.8) is 0 Å². The summed E-state index contributed by atoms with van der Waals surface area (Å²) < 4.78 is 0. The molecule has 0 saturated carbocycles. The van der Waals surface area contributed by atoms with E-state index in [4.69, 9.17) is 0 Å². The van der Waals surface area contributed by atoms with Crippen molar-refractivity contribution in [2.75, 3.05) is 11.4 Å². The van der Waals surface area contributed by atoms with Crippen LogP contribution >= 0.6 is 0 Å². The van der Waals surface area contributed by atoms with E-state index in [0.29, 0.717) is 24.9 Å². The Labute approximate surface area is 107 Å². The van der Waals surface area contributed by atoms with E-state index in [1.807, 2.05) is 24.3 Å². The van der Waals surface area contributed by atoms with Crippen LogP contribution in [0.3, 0.4) is 0 Å². The first kappa shape index (κ1) is 12.8. The minimum absolute atomic E-state index is 0.0920. The van der Waals surface area contributed by atoms with E-state index in [-0.39, 0.29) is 11.8 Å². The average molecular weight is 246 g/mol. The van der Waals surface area contributed by atoms with Gasteiger partial charge in [-0.2, -0.15) is 0 Å². The van der Waals surface area contributed by atoms with Gasteiger partial charge in [-0.05, 0) is 30.7 Å². The van der Waals surface area contributed by atoms with Crippen molar-refractivity contribution in [2.24, 2.45) is 0 Å². The molecular weight excluding hydrogens is 228 g/mol. The van der Waals surface area contributed by atoms with E-state index in [0.717, 1.165) is 18.7 Å². The Kier molecular flexibility index (Phi) is 4.10. The summed E-state index contributed by atoms with van der Waals surface area (Å²) in [6.45, 7) is 3.78. The number of benzene rings is 1. The van der Waals surface area contributed by atoms with Crippen molar-refractivity contribution < 1.29 is 9.59 Å². The molecule has 1 fully saturated rings. The van der Waals surface area contributed by atoms with Crippen molar-refractivity contribution in [1.82, 2.24) is 5.32 Å². The summed E-state index contributed by atoms with van der Waals surface area (Å²) in [7, 11) is 0. The normalized spacial score (nSPS) is 16.2. The molecule has 0 spiro atoms. The smallest absolute Gasteiger partial charge is 0.233 e. The molecule has 2 rings (SSSR count). The highest BCUT2D eigenvalue weighted by molar-refractivity contribution is 6.16. The van der Waals surface area contributed by atoms with Gasteiger partial charge >= 0.3 is 0 Å². The molecule has 1 aliphatic rings. The summed E-state index contributed by atoms with van der Waals surface area (Å²) in [4.78, 5) is 24.8. The highest BCUT2D eigenvalue weighted by Gasteiger charge is 2.26. The summed E-state index contributed by atoms with van der Waals surface area (Å²) in [5.41, 5.74) is 1.84. The molecule has 1 saturated heterocycles. The molecule has 4 nitrogen and oxygen atoms in total. The molecule has 1 heterocycles. The summed E-state index contributed by atoms with van der Waals surface area (Å²) >= 11 is 0. The van der Waals surface area contributed by atoms with Crippen molar-refractivity contribution >= 4 is 17.5 Å². The number of anilines is 1. The third-order valence-electron chi connectivity index (χ3n) is 3.05. The number of carbonyl (C=O) groups is 2. The van der Waals surface area contributed by atoms with Crippen LogP contribution < -0.4 is 10.2 Å². The number of hydrogen-bond donors (Lipinski definition) is 1. The third kappa shape index (κ3) is 2.76. The molecule has 1 aliphatic heterocycles. The monoisotopic (exact) mass is 246 g/mol.